The lowest BCUT2D eigenvalue weighted by Gasteiger charge is -2.19. The van der Waals surface area contributed by atoms with Gasteiger partial charge in [0.05, 0.1) is 12.6 Å². The number of hydrogen-bond donors (Lipinski definition) is 1. The van der Waals surface area contributed by atoms with Crippen molar-refractivity contribution in [3.05, 3.63) is 33.5 Å². The molecule has 26 heavy (non-hydrogen) atoms. The van der Waals surface area contributed by atoms with Crippen LogP contribution in [0.1, 0.15) is 40.8 Å². The Balaban J connectivity index is 1.61. The lowest BCUT2D eigenvalue weighted by Crippen LogP contribution is -2.30. The zero-order chi connectivity index (χ0) is 18.5. The molecule has 0 spiro atoms. The normalized spacial score (nSPS) is 16.1. The summed E-state index contributed by atoms with van der Waals surface area (Å²) in [6.45, 7) is 8.29. The molecule has 8 heteroatoms. The number of nitrogens with one attached hydrogen (secondary N) is 1. The van der Waals surface area contributed by atoms with E-state index in [-0.39, 0.29) is 11.9 Å². The molecule has 0 saturated heterocycles. The number of carbonyl (C=O) groups excluding carboxylic acids is 1. The third-order valence-electron chi connectivity index (χ3n) is 4.62. The maximum absolute atomic E-state index is 11.9. The fourth-order valence-electron chi connectivity index (χ4n) is 3.23. The Morgan fingerprint density at radius 3 is 2.92 bits per heavy atom. The summed E-state index contributed by atoms with van der Waals surface area (Å²) in [7, 11) is 1.60. The highest BCUT2D eigenvalue weighted by atomic mass is 32.1. The largest absolute Gasteiger partial charge is 0.384 e. The minimum absolute atomic E-state index is 0.0278. The van der Waals surface area contributed by atoms with Crippen LogP contribution in [0, 0.1) is 6.92 Å². The first-order chi connectivity index (χ1) is 12.6. The number of fused-ring (bicyclic) bond motifs is 1. The molecule has 0 saturated carbocycles. The molecule has 3 rings (SSSR count). The van der Waals surface area contributed by atoms with Crippen molar-refractivity contribution in [3.63, 3.8) is 0 Å². The number of carbonyl (C=O) groups is 1. The van der Waals surface area contributed by atoms with Gasteiger partial charge >= 0.3 is 0 Å². The molecule has 1 N–H and O–H groups in total. The number of aryl methyl sites for hydroxylation is 1. The van der Waals surface area contributed by atoms with Gasteiger partial charge in [0.1, 0.15) is 5.82 Å². The molecule has 1 amide bonds. The van der Waals surface area contributed by atoms with Crippen molar-refractivity contribution in [1.82, 2.24) is 25.0 Å². The van der Waals surface area contributed by atoms with E-state index in [1.165, 1.54) is 9.75 Å². The Hall–Kier alpha value is -1.77. The molecule has 2 aromatic heterocycles. The summed E-state index contributed by atoms with van der Waals surface area (Å²) in [4.78, 5) is 17.2. The van der Waals surface area contributed by atoms with Gasteiger partial charge in [-0.1, -0.05) is 0 Å². The van der Waals surface area contributed by atoms with Crippen LogP contribution in [0.25, 0.3) is 0 Å². The summed E-state index contributed by atoms with van der Waals surface area (Å²) in [6.07, 6.45) is 1.23. The molecule has 1 aliphatic rings. The predicted octanol–water partition coefficient (Wildman–Crippen LogP) is 1.92. The third kappa shape index (κ3) is 4.69. The molecule has 2 aromatic rings. The summed E-state index contributed by atoms with van der Waals surface area (Å²) in [6, 6.07) is 4.24. The molecule has 0 unspecified atom stereocenters. The number of ether oxygens (including phenoxy) is 1. The van der Waals surface area contributed by atoms with Gasteiger partial charge in [-0.15, -0.1) is 21.5 Å². The fourth-order valence-corrected chi connectivity index (χ4v) is 4.16. The van der Waals surface area contributed by atoms with Crippen LogP contribution in [-0.4, -0.2) is 52.4 Å². The zero-order valence-electron chi connectivity index (χ0n) is 15.7. The molecule has 3 heterocycles. The average molecular weight is 378 g/mol. The monoisotopic (exact) mass is 377 g/mol. The van der Waals surface area contributed by atoms with Gasteiger partial charge in [-0.25, -0.2) is 0 Å². The minimum atomic E-state index is -0.160. The number of thiophene rings is 1. The van der Waals surface area contributed by atoms with Crippen molar-refractivity contribution >= 4 is 17.2 Å². The highest BCUT2D eigenvalue weighted by Gasteiger charge is 2.22. The predicted molar refractivity (Wildman–Crippen MR) is 101 cm³/mol. The Bertz CT molecular complexity index is 742. The first-order valence-corrected chi connectivity index (χ1v) is 9.86. The molecule has 0 radical (unpaired) electrons. The van der Waals surface area contributed by atoms with Gasteiger partial charge in [-0.3, -0.25) is 9.69 Å². The molecular formula is C18H27N5O2S. The van der Waals surface area contributed by atoms with Crippen molar-refractivity contribution in [3.8, 4) is 0 Å². The number of rotatable bonds is 7. The maximum atomic E-state index is 11.9. The van der Waals surface area contributed by atoms with Crippen LogP contribution in [0.5, 0.6) is 0 Å². The Morgan fingerprint density at radius 2 is 2.19 bits per heavy atom. The number of aromatic nitrogens is 3. The number of amides is 1. The van der Waals surface area contributed by atoms with Crippen LogP contribution in [0.4, 0.5) is 0 Å². The second kappa shape index (κ2) is 8.75. The Kier molecular flexibility index (Phi) is 6.39. The first kappa shape index (κ1) is 19.0. The average Bonchev–Trinajstić information content (AvgIpc) is 3.16. The molecular weight excluding hydrogens is 350 g/mol. The van der Waals surface area contributed by atoms with Gasteiger partial charge in [-0.2, -0.15) is 0 Å². The van der Waals surface area contributed by atoms with Gasteiger partial charge in [-0.05, 0) is 26.0 Å². The van der Waals surface area contributed by atoms with Crippen molar-refractivity contribution in [2.75, 3.05) is 26.8 Å². The number of hydrogen-bond acceptors (Lipinski definition) is 6. The summed E-state index contributed by atoms with van der Waals surface area (Å²) in [5, 5.41) is 11.7. The van der Waals surface area contributed by atoms with E-state index in [0.717, 1.165) is 44.2 Å². The van der Waals surface area contributed by atoms with Gasteiger partial charge in [0, 0.05) is 55.9 Å². The van der Waals surface area contributed by atoms with Crippen LogP contribution >= 0.6 is 11.3 Å². The standard InChI is InChI=1S/C18H27N5O2S/c1-13-4-5-15(26-13)12-22-8-6-16-20-21-18(23(16)10-9-22)14(2)19-17(24)7-11-25-3/h4-5,14H,6-12H2,1-3H3,(H,19,24)/t14-/m1/s1. The van der Waals surface area contributed by atoms with Crippen LogP contribution < -0.4 is 5.32 Å². The van der Waals surface area contributed by atoms with E-state index in [1.54, 1.807) is 7.11 Å². The van der Waals surface area contributed by atoms with E-state index < -0.39 is 0 Å². The van der Waals surface area contributed by atoms with E-state index in [4.69, 9.17) is 4.74 Å². The van der Waals surface area contributed by atoms with E-state index in [1.807, 2.05) is 18.3 Å². The molecule has 1 aliphatic heterocycles. The Morgan fingerprint density at radius 1 is 1.35 bits per heavy atom. The summed E-state index contributed by atoms with van der Waals surface area (Å²) < 4.78 is 7.12. The molecule has 1 atom stereocenters. The second-order valence-electron chi connectivity index (χ2n) is 6.70. The Labute approximate surface area is 158 Å². The van der Waals surface area contributed by atoms with E-state index in [0.29, 0.717) is 13.0 Å². The van der Waals surface area contributed by atoms with Crippen LogP contribution in [0.15, 0.2) is 12.1 Å². The molecule has 7 nitrogen and oxygen atoms in total. The second-order valence-corrected chi connectivity index (χ2v) is 8.07. The molecule has 0 bridgehead atoms. The first-order valence-electron chi connectivity index (χ1n) is 9.04. The van der Waals surface area contributed by atoms with Gasteiger partial charge in [0.15, 0.2) is 5.82 Å². The van der Waals surface area contributed by atoms with Crippen LogP contribution in [0.2, 0.25) is 0 Å². The highest BCUT2D eigenvalue weighted by molar-refractivity contribution is 7.11. The van der Waals surface area contributed by atoms with Gasteiger partial charge in [0.25, 0.3) is 0 Å². The van der Waals surface area contributed by atoms with Crippen molar-refractivity contribution < 1.29 is 9.53 Å². The number of nitrogens with zero attached hydrogens (tertiary/aromatic N) is 4. The molecule has 0 fully saturated rings. The van der Waals surface area contributed by atoms with E-state index in [2.05, 4.69) is 44.0 Å². The van der Waals surface area contributed by atoms with E-state index >= 15 is 0 Å². The van der Waals surface area contributed by atoms with Gasteiger partial charge < -0.3 is 14.6 Å². The van der Waals surface area contributed by atoms with Crippen molar-refractivity contribution in [2.45, 2.75) is 45.8 Å². The fraction of sp³-hybridized carbons (Fsp3) is 0.611. The lowest BCUT2D eigenvalue weighted by molar-refractivity contribution is -0.122. The van der Waals surface area contributed by atoms with Crippen LogP contribution in [0.3, 0.4) is 0 Å². The summed E-state index contributed by atoms with van der Waals surface area (Å²) in [5.74, 6) is 1.81. The third-order valence-corrected chi connectivity index (χ3v) is 5.61. The van der Waals surface area contributed by atoms with Crippen molar-refractivity contribution in [1.29, 1.82) is 0 Å². The smallest absolute Gasteiger partial charge is 0.222 e. The quantitative estimate of drug-likeness (QED) is 0.798. The molecule has 0 aromatic carbocycles. The van der Waals surface area contributed by atoms with E-state index in [9.17, 15) is 4.79 Å². The number of methoxy groups -OCH3 is 1. The summed E-state index contributed by atoms with van der Waals surface area (Å²) >= 11 is 1.86. The van der Waals surface area contributed by atoms with Gasteiger partial charge in [0.2, 0.25) is 5.91 Å². The topological polar surface area (TPSA) is 72.3 Å². The van der Waals surface area contributed by atoms with Crippen molar-refractivity contribution in [2.24, 2.45) is 0 Å². The summed E-state index contributed by atoms with van der Waals surface area (Å²) in [5.41, 5.74) is 0. The van der Waals surface area contributed by atoms with Crippen LogP contribution in [-0.2, 0) is 29.0 Å². The lowest BCUT2D eigenvalue weighted by atomic mass is 10.3. The SMILES string of the molecule is COCCC(=O)N[C@H](C)c1nnc2n1CCN(Cc1ccc(C)s1)CC2. The molecule has 142 valence electrons. The minimum Gasteiger partial charge on any atom is -0.384 e. The highest BCUT2D eigenvalue weighted by Crippen LogP contribution is 2.20. The zero-order valence-corrected chi connectivity index (χ0v) is 16.5. The maximum Gasteiger partial charge on any atom is 0.222 e. The molecule has 0 aliphatic carbocycles.